The fourth-order valence-electron chi connectivity index (χ4n) is 2.35. The smallest absolute Gasteiger partial charge is 0.258 e. The average molecular weight is 361 g/mol. The molecule has 3 aromatic rings. The number of hydrogen-bond donors (Lipinski definition) is 2. The summed E-state index contributed by atoms with van der Waals surface area (Å²) in [5, 5.41) is 5.58. The Balaban J connectivity index is 1.66. The Bertz CT molecular complexity index is 923. The first-order valence-electron chi connectivity index (χ1n) is 8.47. The molecule has 0 saturated heterocycles. The Hall–Kier alpha value is -3.61. The van der Waals surface area contributed by atoms with Gasteiger partial charge in [-0.05, 0) is 50.2 Å². The van der Waals surface area contributed by atoms with Gasteiger partial charge < -0.3 is 10.6 Å². The Morgan fingerprint density at radius 1 is 0.852 bits per heavy atom. The minimum atomic E-state index is -0.323. The van der Waals surface area contributed by atoms with Crippen molar-refractivity contribution >= 4 is 17.5 Å². The predicted octanol–water partition coefficient (Wildman–Crippen LogP) is 2.93. The maximum Gasteiger partial charge on any atom is 0.258 e. The van der Waals surface area contributed by atoms with E-state index in [1.54, 1.807) is 48.8 Å². The van der Waals surface area contributed by atoms with E-state index in [4.69, 9.17) is 0 Å². The van der Waals surface area contributed by atoms with Crippen LogP contribution in [0.5, 0.6) is 0 Å². The van der Waals surface area contributed by atoms with Crippen LogP contribution < -0.4 is 10.6 Å². The zero-order valence-electron chi connectivity index (χ0n) is 15.0. The largest absolute Gasteiger partial charge is 0.350 e. The lowest BCUT2D eigenvalue weighted by Crippen LogP contribution is -2.30. The van der Waals surface area contributed by atoms with Gasteiger partial charge in [0.05, 0.1) is 5.56 Å². The number of benzene rings is 1. The number of carbonyl (C=O) groups is 2. The Labute approximate surface area is 156 Å². The highest BCUT2D eigenvalue weighted by molar-refractivity contribution is 6.04. The molecule has 27 heavy (non-hydrogen) atoms. The molecule has 2 aromatic heterocycles. The van der Waals surface area contributed by atoms with Gasteiger partial charge in [0, 0.05) is 47.6 Å². The normalized spacial score (nSPS) is 10.5. The number of hydrogen-bond acceptors (Lipinski definition) is 5. The van der Waals surface area contributed by atoms with Gasteiger partial charge in [0.15, 0.2) is 5.82 Å². The molecule has 0 fully saturated rings. The molecule has 0 saturated carbocycles. The van der Waals surface area contributed by atoms with Crippen LogP contribution in [0, 0.1) is 0 Å². The summed E-state index contributed by atoms with van der Waals surface area (Å²) in [6.07, 6.45) is 6.26. The highest BCUT2D eigenvalue weighted by atomic mass is 16.2. The maximum absolute atomic E-state index is 12.3. The van der Waals surface area contributed by atoms with Crippen molar-refractivity contribution in [3.05, 3.63) is 72.3 Å². The van der Waals surface area contributed by atoms with Gasteiger partial charge in [-0.25, -0.2) is 9.97 Å². The standard InChI is InChI=1S/C20H19N5O2/c1-13(2)24-19(26)15-3-5-17(6-4-15)25-20(27)16-11-22-18(23-12-16)14-7-9-21-10-8-14/h3-13H,1-2H3,(H,24,26)(H,25,27). The van der Waals surface area contributed by atoms with Crippen molar-refractivity contribution in [3.63, 3.8) is 0 Å². The van der Waals surface area contributed by atoms with Crippen LogP contribution in [-0.2, 0) is 0 Å². The molecule has 0 atom stereocenters. The Kier molecular flexibility index (Phi) is 5.51. The van der Waals surface area contributed by atoms with Crippen molar-refractivity contribution in [3.8, 4) is 11.4 Å². The second kappa shape index (κ2) is 8.18. The minimum Gasteiger partial charge on any atom is -0.350 e. The number of nitrogens with one attached hydrogen (secondary N) is 2. The van der Waals surface area contributed by atoms with Crippen LogP contribution in [0.2, 0.25) is 0 Å². The van der Waals surface area contributed by atoms with E-state index in [0.29, 0.717) is 22.6 Å². The first-order valence-corrected chi connectivity index (χ1v) is 8.47. The minimum absolute atomic E-state index is 0.0620. The number of amides is 2. The molecule has 7 nitrogen and oxygen atoms in total. The Morgan fingerprint density at radius 3 is 2.07 bits per heavy atom. The maximum atomic E-state index is 12.3. The monoisotopic (exact) mass is 361 g/mol. The summed E-state index contributed by atoms with van der Waals surface area (Å²) in [7, 11) is 0. The zero-order valence-corrected chi connectivity index (χ0v) is 15.0. The van der Waals surface area contributed by atoms with Gasteiger partial charge in [0.1, 0.15) is 0 Å². The number of anilines is 1. The molecule has 3 rings (SSSR count). The topological polar surface area (TPSA) is 96.9 Å². The van der Waals surface area contributed by atoms with E-state index in [1.807, 2.05) is 13.8 Å². The van der Waals surface area contributed by atoms with Crippen LogP contribution in [-0.4, -0.2) is 32.8 Å². The molecule has 0 bridgehead atoms. The van der Waals surface area contributed by atoms with Crippen molar-refractivity contribution in [2.75, 3.05) is 5.32 Å². The molecular formula is C20H19N5O2. The van der Waals surface area contributed by atoms with Gasteiger partial charge in [0.25, 0.3) is 11.8 Å². The van der Waals surface area contributed by atoms with Crippen LogP contribution in [0.25, 0.3) is 11.4 Å². The number of rotatable bonds is 5. The molecule has 0 unspecified atom stereocenters. The van der Waals surface area contributed by atoms with Crippen molar-refractivity contribution in [1.29, 1.82) is 0 Å². The molecule has 0 aliphatic heterocycles. The van der Waals surface area contributed by atoms with E-state index in [9.17, 15) is 9.59 Å². The summed E-state index contributed by atoms with van der Waals surface area (Å²) in [4.78, 5) is 36.7. The van der Waals surface area contributed by atoms with Crippen LogP contribution in [0.1, 0.15) is 34.6 Å². The fourth-order valence-corrected chi connectivity index (χ4v) is 2.35. The highest BCUT2D eigenvalue weighted by Crippen LogP contribution is 2.14. The van der Waals surface area contributed by atoms with Gasteiger partial charge in [-0.15, -0.1) is 0 Å². The quantitative estimate of drug-likeness (QED) is 0.728. The van der Waals surface area contributed by atoms with Gasteiger partial charge in [-0.3, -0.25) is 14.6 Å². The highest BCUT2D eigenvalue weighted by Gasteiger charge is 2.10. The lowest BCUT2D eigenvalue weighted by Gasteiger charge is -2.09. The van der Waals surface area contributed by atoms with Crippen molar-refractivity contribution in [2.45, 2.75) is 19.9 Å². The fraction of sp³-hybridized carbons (Fsp3) is 0.150. The summed E-state index contributed by atoms with van der Waals surface area (Å²) in [5.41, 5.74) is 2.28. The van der Waals surface area contributed by atoms with E-state index in [2.05, 4.69) is 25.6 Å². The lowest BCUT2D eigenvalue weighted by molar-refractivity contribution is 0.0942. The van der Waals surface area contributed by atoms with E-state index in [0.717, 1.165) is 5.56 Å². The predicted molar refractivity (Wildman–Crippen MR) is 102 cm³/mol. The molecular weight excluding hydrogens is 342 g/mol. The van der Waals surface area contributed by atoms with Gasteiger partial charge >= 0.3 is 0 Å². The molecule has 0 radical (unpaired) electrons. The van der Waals surface area contributed by atoms with Crippen LogP contribution in [0.4, 0.5) is 5.69 Å². The van der Waals surface area contributed by atoms with E-state index in [1.165, 1.54) is 12.4 Å². The molecule has 136 valence electrons. The van der Waals surface area contributed by atoms with E-state index in [-0.39, 0.29) is 17.9 Å². The van der Waals surface area contributed by atoms with Gasteiger partial charge in [-0.2, -0.15) is 0 Å². The first kappa shape index (κ1) is 18.2. The summed E-state index contributed by atoms with van der Waals surface area (Å²) in [6.45, 7) is 3.79. The number of pyridine rings is 1. The molecule has 2 amide bonds. The zero-order chi connectivity index (χ0) is 19.2. The van der Waals surface area contributed by atoms with Gasteiger partial charge in [0.2, 0.25) is 0 Å². The molecule has 0 spiro atoms. The number of aromatic nitrogens is 3. The van der Waals surface area contributed by atoms with Crippen molar-refractivity contribution in [1.82, 2.24) is 20.3 Å². The molecule has 0 aliphatic rings. The van der Waals surface area contributed by atoms with E-state index < -0.39 is 0 Å². The van der Waals surface area contributed by atoms with Crippen molar-refractivity contribution in [2.24, 2.45) is 0 Å². The molecule has 0 aliphatic carbocycles. The van der Waals surface area contributed by atoms with Crippen LogP contribution in [0.3, 0.4) is 0 Å². The van der Waals surface area contributed by atoms with Crippen LogP contribution in [0.15, 0.2) is 61.2 Å². The second-order valence-electron chi connectivity index (χ2n) is 6.19. The third-order valence-corrected chi connectivity index (χ3v) is 3.68. The summed E-state index contributed by atoms with van der Waals surface area (Å²) < 4.78 is 0. The lowest BCUT2D eigenvalue weighted by atomic mass is 10.1. The molecule has 2 heterocycles. The summed E-state index contributed by atoms with van der Waals surface area (Å²) in [6, 6.07) is 10.3. The third kappa shape index (κ3) is 4.72. The number of carbonyl (C=O) groups excluding carboxylic acids is 2. The molecule has 1 aromatic carbocycles. The number of nitrogens with zero attached hydrogens (tertiary/aromatic N) is 3. The first-order chi connectivity index (χ1) is 13.0. The SMILES string of the molecule is CC(C)NC(=O)c1ccc(NC(=O)c2cnc(-c3ccncc3)nc2)cc1. The summed E-state index contributed by atoms with van der Waals surface area (Å²) in [5.74, 6) is 0.0492. The third-order valence-electron chi connectivity index (χ3n) is 3.68. The van der Waals surface area contributed by atoms with Gasteiger partial charge in [-0.1, -0.05) is 0 Å². The summed E-state index contributed by atoms with van der Waals surface area (Å²) >= 11 is 0. The Morgan fingerprint density at radius 2 is 1.48 bits per heavy atom. The second-order valence-corrected chi connectivity index (χ2v) is 6.19. The van der Waals surface area contributed by atoms with Crippen molar-refractivity contribution < 1.29 is 9.59 Å². The molecule has 7 heteroatoms. The molecule has 2 N–H and O–H groups in total. The average Bonchev–Trinajstić information content (AvgIpc) is 2.69. The van der Waals surface area contributed by atoms with Crippen LogP contribution >= 0.6 is 0 Å². The van der Waals surface area contributed by atoms with E-state index >= 15 is 0 Å².